The fourth-order valence-electron chi connectivity index (χ4n) is 4.35. The number of rotatable bonds is 11. The molecule has 1 heterocycles. The van der Waals surface area contributed by atoms with Gasteiger partial charge in [0.05, 0.1) is 30.2 Å². The number of hydrogen-bond acceptors (Lipinski definition) is 7. The van der Waals surface area contributed by atoms with Gasteiger partial charge in [-0.15, -0.1) is 0 Å². The van der Waals surface area contributed by atoms with E-state index in [-0.39, 0.29) is 18.1 Å². The van der Waals surface area contributed by atoms with Crippen molar-refractivity contribution >= 4 is 41.2 Å². The Kier molecular flexibility index (Phi) is 10.7. The molecule has 2 amide bonds. The quantitative estimate of drug-likeness (QED) is 0.203. The summed E-state index contributed by atoms with van der Waals surface area (Å²) < 4.78 is 13.5. The van der Waals surface area contributed by atoms with E-state index in [0.29, 0.717) is 28.3 Å². The molecular weight excluding hydrogens is 531 g/mol. The minimum Gasteiger partial charge on any atom is -0.394 e. The molecule has 1 fully saturated rings. The lowest BCUT2D eigenvalue weighted by molar-refractivity contribution is 0.0956. The summed E-state index contributed by atoms with van der Waals surface area (Å²) in [7, 11) is 0. The van der Waals surface area contributed by atoms with Gasteiger partial charge in [0.1, 0.15) is 5.82 Å². The van der Waals surface area contributed by atoms with Crippen molar-refractivity contribution < 1.29 is 24.2 Å². The molecule has 4 N–H and O–H groups in total. The molecule has 3 aromatic rings. The summed E-state index contributed by atoms with van der Waals surface area (Å²) in [6.07, 6.45) is 3.90. The third kappa shape index (κ3) is 8.38. The van der Waals surface area contributed by atoms with Crippen LogP contribution in [0.5, 0.6) is 0 Å². The van der Waals surface area contributed by atoms with Crippen molar-refractivity contribution in [2.75, 3.05) is 35.7 Å². The van der Waals surface area contributed by atoms with E-state index in [1.807, 2.05) is 12.1 Å². The molecule has 1 atom stereocenters. The zero-order chi connectivity index (χ0) is 28.3. The van der Waals surface area contributed by atoms with Crippen molar-refractivity contribution in [2.45, 2.75) is 31.1 Å². The Morgan fingerprint density at radius 3 is 2.60 bits per heavy atom. The van der Waals surface area contributed by atoms with Crippen LogP contribution in [0, 0.1) is 5.82 Å². The van der Waals surface area contributed by atoms with Crippen LogP contribution in [0.25, 0.3) is 0 Å². The SMILES string of the molecule is O=C(Nc1ccc(N2CCCCC2)cc1C(=O)NN=Cc1cccc(F)c1)c1cccc(CSCC(O)CO)c1. The van der Waals surface area contributed by atoms with E-state index in [1.54, 1.807) is 42.5 Å². The van der Waals surface area contributed by atoms with Gasteiger partial charge in [0.2, 0.25) is 0 Å². The monoisotopic (exact) mass is 564 g/mol. The van der Waals surface area contributed by atoms with Gasteiger partial charge in [-0.25, -0.2) is 9.82 Å². The fourth-order valence-corrected chi connectivity index (χ4v) is 5.26. The predicted molar refractivity (Wildman–Crippen MR) is 158 cm³/mol. The zero-order valence-electron chi connectivity index (χ0n) is 22.1. The predicted octanol–water partition coefficient (Wildman–Crippen LogP) is 4.42. The molecule has 1 unspecified atom stereocenters. The maximum atomic E-state index is 13.5. The molecule has 1 aliphatic rings. The topological polar surface area (TPSA) is 114 Å². The number of hydrogen-bond donors (Lipinski definition) is 4. The van der Waals surface area contributed by atoms with Crippen LogP contribution in [-0.4, -0.2) is 59.8 Å². The number of thioether (sulfide) groups is 1. The fraction of sp³-hybridized carbons (Fsp3) is 0.300. The number of aliphatic hydroxyl groups excluding tert-OH is 2. The number of piperidine rings is 1. The number of anilines is 2. The Morgan fingerprint density at radius 2 is 1.82 bits per heavy atom. The first kappa shape index (κ1) is 29.3. The van der Waals surface area contributed by atoms with Gasteiger partial charge in [-0.1, -0.05) is 24.3 Å². The second-order valence-electron chi connectivity index (χ2n) is 9.54. The van der Waals surface area contributed by atoms with Crippen molar-refractivity contribution in [1.29, 1.82) is 0 Å². The van der Waals surface area contributed by atoms with Crippen LogP contribution in [0.15, 0.2) is 71.8 Å². The summed E-state index contributed by atoms with van der Waals surface area (Å²) in [6.45, 7) is 1.49. The summed E-state index contributed by atoms with van der Waals surface area (Å²) in [5, 5.41) is 25.4. The van der Waals surface area contributed by atoms with Crippen molar-refractivity contribution in [3.63, 3.8) is 0 Å². The molecule has 0 radical (unpaired) electrons. The average Bonchev–Trinajstić information content (AvgIpc) is 2.98. The third-order valence-corrected chi connectivity index (χ3v) is 7.58. The molecule has 4 rings (SSSR count). The molecule has 0 aliphatic carbocycles. The third-order valence-electron chi connectivity index (χ3n) is 6.42. The molecule has 40 heavy (non-hydrogen) atoms. The number of nitrogens with zero attached hydrogens (tertiary/aromatic N) is 2. The average molecular weight is 565 g/mol. The van der Waals surface area contributed by atoms with Gasteiger partial charge in [0.25, 0.3) is 11.8 Å². The van der Waals surface area contributed by atoms with E-state index in [9.17, 15) is 19.1 Å². The van der Waals surface area contributed by atoms with E-state index < -0.39 is 17.8 Å². The summed E-state index contributed by atoms with van der Waals surface area (Å²) in [5.41, 5.74) is 5.81. The molecular formula is C30H33FN4O4S. The Labute approximate surface area is 237 Å². The van der Waals surface area contributed by atoms with Gasteiger partial charge in [-0.05, 0) is 72.9 Å². The smallest absolute Gasteiger partial charge is 0.273 e. The minimum atomic E-state index is -0.785. The first-order chi connectivity index (χ1) is 19.4. The first-order valence-electron chi connectivity index (χ1n) is 13.2. The molecule has 0 aromatic heterocycles. The molecule has 1 aliphatic heterocycles. The van der Waals surface area contributed by atoms with Crippen molar-refractivity contribution in [3.8, 4) is 0 Å². The van der Waals surface area contributed by atoms with E-state index in [0.717, 1.165) is 37.2 Å². The number of benzene rings is 3. The van der Waals surface area contributed by atoms with Crippen LogP contribution in [0.1, 0.15) is 51.1 Å². The largest absolute Gasteiger partial charge is 0.394 e. The maximum Gasteiger partial charge on any atom is 0.273 e. The summed E-state index contributed by atoms with van der Waals surface area (Å²) in [6, 6.07) is 18.4. The summed E-state index contributed by atoms with van der Waals surface area (Å²) >= 11 is 1.46. The second-order valence-corrected chi connectivity index (χ2v) is 10.6. The molecule has 3 aromatic carbocycles. The van der Waals surface area contributed by atoms with Gasteiger partial charge >= 0.3 is 0 Å². The number of carbonyl (C=O) groups is 2. The van der Waals surface area contributed by atoms with Crippen LogP contribution in [0.2, 0.25) is 0 Å². The second kappa shape index (κ2) is 14.6. The standard InChI is InChI=1S/C30H33FN4O4S/c31-24-9-5-6-21(15-24)17-32-34-30(39)27-16-25(35-12-2-1-3-13-35)10-11-28(27)33-29(38)23-8-4-7-22(14-23)19-40-20-26(37)18-36/h4-11,14-17,26,36-37H,1-3,12-13,18-20H2,(H,33,38)(H,34,39). The number of carbonyl (C=O) groups excluding carboxylic acids is 2. The number of nitrogens with one attached hydrogen (secondary N) is 2. The van der Waals surface area contributed by atoms with E-state index in [4.69, 9.17) is 5.11 Å². The van der Waals surface area contributed by atoms with Gasteiger partial charge in [-0.2, -0.15) is 16.9 Å². The van der Waals surface area contributed by atoms with Crippen LogP contribution in [0.3, 0.4) is 0 Å². The highest BCUT2D eigenvalue weighted by molar-refractivity contribution is 7.98. The van der Waals surface area contributed by atoms with Crippen LogP contribution < -0.4 is 15.6 Å². The number of hydrazone groups is 1. The first-order valence-corrected chi connectivity index (χ1v) is 14.3. The number of aliphatic hydroxyl groups is 2. The molecule has 1 saturated heterocycles. The van der Waals surface area contributed by atoms with Gasteiger partial charge in [0.15, 0.2) is 0 Å². The van der Waals surface area contributed by atoms with Gasteiger partial charge in [-0.3, -0.25) is 9.59 Å². The van der Waals surface area contributed by atoms with Crippen LogP contribution >= 0.6 is 11.8 Å². The lowest BCUT2D eigenvalue weighted by Gasteiger charge is -2.29. The Balaban J connectivity index is 1.51. The van der Waals surface area contributed by atoms with Crippen molar-refractivity contribution in [1.82, 2.24) is 5.43 Å². The molecule has 0 spiro atoms. The Bertz CT molecular complexity index is 1350. The Morgan fingerprint density at radius 1 is 1.02 bits per heavy atom. The van der Waals surface area contributed by atoms with E-state index >= 15 is 0 Å². The van der Waals surface area contributed by atoms with Gasteiger partial charge < -0.3 is 20.4 Å². The van der Waals surface area contributed by atoms with Crippen LogP contribution in [0.4, 0.5) is 15.8 Å². The highest BCUT2D eigenvalue weighted by Gasteiger charge is 2.19. The molecule has 0 saturated carbocycles. The number of amides is 2. The number of halogens is 1. The lowest BCUT2D eigenvalue weighted by atomic mass is 10.1. The normalized spacial score (nSPS) is 14.2. The maximum absolute atomic E-state index is 13.5. The van der Waals surface area contributed by atoms with Gasteiger partial charge in [0, 0.05) is 35.8 Å². The summed E-state index contributed by atoms with van der Waals surface area (Å²) in [5.74, 6) is -0.324. The van der Waals surface area contributed by atoms with Crippen molar-refractivity contribution in [3.05, 3.63) is 94.8 Å². The van der Waals surface area contributed by atoms with E-state index in [1.165, 1.54) is 36.5 Å². The lowest BCUT2D eigenvalue weighted by Crippen LogP contribution is -2.30. The molecule has 10 heteroatoms. The minimum absolute atomic E-state index is 0.262. The summed E-state index contributed by atoms with van der Waals surface area (Å²) in [4.78, 5) is 28.6. The Hall–Kier alpha value is -3.73. The van der Waals surface area contributed by atoms with E-state index in [2.05, 4.69) is 20.7 Å². The molecule has 210 valence electrons. The highest BCUT2D eigenvalue weighted by atomic mass is 32.2. The zero-order valence-corrected chi connectivity index (χ0v) is 22.9. The van der Waals surface area contributed by atoms with Crippen molar-refractivity contribution in [2.24, 2.45) is 5.10 Å². The highest BCUT2D eigenvalue weighted by Crippen LogP contribution is 2.27. The molecule has 0 bridgehead atoms. The van der Waals surface area contributed by atoms with Crippen LogP contribution in [-0.2, 0) is 5.75 Å². The molecule has 8 nitrogen and oxygen atoms in total.